The van der Waals surface area contributed by atoms with Gasteiger partial charge in [0.05, 0.1) is 25.3 Å². The van der Waals surface area contributed by atoms with Gasteiger partial charge in [-0.15, -0.1) is 11.3 Å². The first-order valence-electron chi connectivity index (χ1n) is 8.30. The van der Waals surface area contributed by atoms with Crippen molar-refractivity contribution in [2.75, 3.05) is 26.7 Å². The van der Waals surface area contributed by atoms with Crippen LogP contribution in [0.4, 0.5) is 0 Å². The molecule has 4 rings (SSSR count). The van der Waals surface area contributed by atoms with Crippen molar-refractivity contribution in [1.82, 2.24) is 19.6 Å². The Morgan fingerprint density at radius 2 is 2.32 bits per heavy atom. The summed E-state index contributed by atoms with van der Waals surface area (Å²) in [6.45, 7) is 2.21. The van der Waals surface area contributed by atoms with E-state index in [1.165, 1.54) is 0 Å². The highest BCUT2D eigenvalue weighted by atomic mass is 32.1. The zero-order valence-corrected chi connectivity index (χ0v) is 14.8. The third-order valence-corrected chi connectivity index (χ3v) is 5.31. The minimum Gasteiger partial charge on any atom is -0.496 e. The Hall–Kier alpha value is -2.38. The van der Waals surface area contributed by atoms with Gasteiger partial charge in [-0.3, -0.25) is 9.20 Å². The van der Waals surface area contributed by atoms with Crippen molar-refractivity contribution in [2.45, 2.75) is 12.5 Å². The second-order valence-corrected chi connectivity index (χ2v) is 6.92. The van der Waals surface area contributed by atoms with Crippen LogP contribution in [-0.4, -0.2) is 46.9 Å². The Morgan fingerprint density at radius 1 is 1.44 bits per heavy atom. The van der Waals surface area contributed by atoms with E-state index in [0.29, 0.717) is 13.0 Å². The molecular formula is C18H20N4O2S. The van der Waals surface area contributed by atoms with E-state index in [1.54, 1.807) is 18.4 Å². The summed E-state index contributed by atoms with van der Waals surface area (Å²) < 4.78 is 7.46. The van der Waals surface area contributed by atoms with Crippen molar-refractivity contribution in [2.24, 2.45) is 0 Å². The number of nitrogens with zero attached hydrogens (tertiary/aromatic N) is 3. The largest absolute Gasteiger partial charge is 0.496 e. The number of rotatable bonds is 4. The molecule has 0 aliphatic carbocycles. The number of aromatic nitrogens is 2. The first-order chi connectivity index (χ1) is 12.3. The molecule has 3 aromatic rings. The third kappa shape index (κ3) is 3.12. The van der Waals surface area contributed by atoms with E-state index in [4.69, 9.17) is 4.74 Å². The van der Waals surface area contributed by atoms with E-state index in [0.717, 1.165) is 35.1 Å². The topological polar surface area (TPSA) is 58.9 Å². The van der Waals surface area contributed by atoms with Crippen molar-refractivity contribution in [3.05, 3.63) is 53.3 Å². The SMILES string of the molecule is COc1ccccc1C1CNCCN1C(=O)Cc1cn2ccsc2n1. The molecule has 1 amide bonds. The molecule has 1 N–H and O–H groups in total. The predicted octanol–water partition coefficient (Wildman–Crippen LogP) is 2.12. The van der Waals surface area contributed by atoms with Crippen LogP contribution in [0.2, 0.25) is 0 Å². The molecule has 0 radical (unpaired) electrons. The molecule has 130 valence electrons. The zero-order valence-electron chi connectivity index (χ0n) is 14.0. The molecule has 25 heavy (non-hydrogen) atoms. The van der Waals surface area contributed by atoms with Gasteiger partial charge in [-0.05, 0) is 6.07 Å². The molecule has 3 heterocycles. The first kappa shape index (κ1) is 16.1. The monoisotopic (exact) mass is 356 g/mol. The number of nitrogens with one attached hydrogen (secondary N) is 1. The van der Waals surface area contributed by atoms with Gasteiger partial charge in [-0.1, -0.05) is 18.2 Å². The molecule has 0 saturated carbocycles. The molecule has 2 aromatic heterocycles. The van der Waals surface area contributed by atoms with Crippen molar-refractivity contribution in [3.8, 4) is 5.75 Å². The minimum atomic E-state index is -0.0267. The number of carbonyl (C=O) groups is 1. The number of imidazole rings is 1. The Bertz CT molecular complexity index is 859. The van der Waals surface area contributed by atoms with Crippen LogP contribution < -0.4 is 10.1 Å². The molecule has 1 aromatic carbocycles. The molecule has 1 unspecified atom stereocenters. The van der Waals surface area contributed by atoms with Gasteiger partial charge in [-0.2, -0.15) is 0 Å². The number of carbonyl (C=O) groups excluding carboxylic acids is 1. The van der Waals surface area contributed by atoms with E-state index in [2.05, 4.69) is 10.3 Å². The summed E-state index contributed by atoms with van der Waals surface area (Å²) in [6, 6.07) is 7.88. The van der Waals surface area contributed by atoms with E-state index in [1.807, 2.05) is 51.3 Å². The standard InChI is InChI=1S/C18H20N4O2S/c1-24-16-5-3-2-4-14(16)15-11-19-6-7-22(15)17(23)10-13-12-21-8-9-25-18(21)20-13/h2-5,8-9,12,15,19H,6-7,10-11H2,1H3. The lowest BCUT2D eigenvalue weighted by Gasteiger charge is -2.37. The van der Waals surface area contributed by atoms with Gasteiger partial charge < -0.3 is 15.0 Å². The highest BCUT2D eigenvalue weighted by Crippen LogP contribution is 2.30. The predicted molar refractivity (Wildman–Crippen MR) is 97.1 cm³/mol. The molecule has 6 nitrogen and oxygen atoms in total. The Balaban J connectivity index is 1.57. The molecule has 1 aliphatic rings. The Labute approximate surface area is 150 Å². The van der Waals surface area contributed by atoms with Gasteiger partial charge in [0.1, 0.15) is 5.75 Å². The summed E-state index contributed by atoms with van der Waals surface area (Å²) >= 11 is 1.57. The van der Waals surface area contributed by atoms with E-state index in [-0.39, 0.29) is 11.9 Å². The molecule has 1 saturated heterocycles. The van der Waals surface area contributed by atoms with Crippen LogP contribution in [0.3, 0.4) is 0 Å². The Morgan fingerprint density at radius 3 is 3.16 bits per heavy atom. The second-order valence-electron chi connectivity index (χ2n) is 6.05. The van der Waals surface area contributed by atoms with Crippen molar-refractivity contribution in [1.29, 1.82) is 0 Å². The lowest BCUT2D eigenvalue weighted by Crippen LogP contribution is -2.49. The number of para-hydroxylation sites is 1. The highest BCUT2D eigenvalue weighted by molar-refractivity contribution is 7.15. The van der Waals surface area contributed by atoms with Crippen LogP contribution in [-0.2, 0) is 11.2 Å². The van der Waals surface area contributed by atoms with E-state index >= 15 is 0 Å². The summed E-state index contributed by atoms with van der Waals surface area (Å²) in [7, 11) is 1.67. The number of hydrogen-bond donors (Lipinski definition) is 1. The van der Waals surface area contributed by atoms with Gasteiger partial charge in [0.25, 0.3) is 0 Å². The molecule has 7 heteroatoms. The van der Waals surface area contributed by atoms with Crippen LogP contribution in [0.1, 0.15) is 17.3 Å². The van der Waals surface area contributed by atoms with Gasteiger partial charge in [0.15, 0.2) is 4.96 Å². The fourth-order valence-electron chi connectivity index (χ4n) is 3.34. The first-order valence-corrected chi connectivity index (χ1v) is 9.18. The summed E-state index contributed by atoms with van der Waals surface area (Å²) in [5.74, 6) is 0.916. The number of hydrogen-bond acceptors (Lipinski definition) is 5. The third-order valence-electron chi connectivity index (χ3n) is 4.54. The maximum absolute atomic E-state index is 13.0. The average molecular weight is 356 g/mol. The number of thiazole rings is 1. The zero-order chi connectivity index (χ0) is 17.2. The number of methoxy groups -OCH3 is 1. The van der Waals surface area contributed by atoms with Crippen molar-refractivity contribution < 1.29 is 9.53 Å². The second kappa shape index (κ2) is 6.85. The average Bonchev–Trinajstić information content (AvgIpc) is 3.23. The maximum Gasteiger partial charge on any atom is 0.229 e. The Kier molecular flexibility index (Phi) is 4.42. The smallest absolute Gasteiger partial charge is 0.229 e. The lowest BCUT2D eigenvalue weighted by atomic mass is 10.0. The normalized spacial score (nSPS) is 17.8. The minimum absolute atomic E-state index is 0.0267. The van der Waals surface area contributed by atoms with Crippen LogP contribution in [0.5, 0.6) is 5.75 Å². The molecule has 1 atom stereocenters. The molecule has 0 spiro atoms. The van der Waals surface area contributed by atoms with Gasteiger partial charge in [0.2, 0.25) is 5.91 Å². The molecule has 1 aliphatic heterocycles. The summed E-state index contributed by atoms with van der Waals surface area (Å²) in [5.41, 5.74) is 1.85. The molecule has 0 bridgehead atoms. The van der Waals surface area contributed by atoms with Crippen LogP contribution >= 0.6 is 11.3 Å². The summed E-state index contributed by atoms with van der Waals surface area (Å²) in [6.07, 6.45) is 4.22. The maximum atomic E-state index is 13.0. The fourth-order valence-corrected chi connectivity index (χ4v) is 4.06. The van der Waals surface area contributed by atoms with Gasteiger partial charge >= 0.3 is 0 Å². The number of ether oxygens (including phenoxy) is 1. The van der Waals surface area contributed by atoms with Gasteiger partial charge in [0, 0.05) is 43.0 Å². The van der Waals surface area contributed by atoms with Crippen LogP contribution in [0.15, 0.2) is 42.0 Å². The summed E-state index contributed by atoms with van der Waals surface area (Å²) in [5, 5.41) is 5.37. The highest BCUT2D eigenvalue weighted by Gasteiger charge is 2.30. The van der Waals surface area contributed by atoms with E-state index < -0.39 is 0 Å². The number of amides is 1. The number of fused-ring (bicyclic) bond motifs is 1. The fraction of sp³-hybridized carbons (Fsp3) is 0.333. The number of benzene rings is 1. The van der Waals surface area contributed by atoms with Crippen LogP contribution in [0.25, 0.3) is 4.96 Å². The molecular weight excluding hydrogens is 336 g/mol. The molecule has 1 fully saturated rings. The quantitative estimate of drug-likeness (QED) is 0.778. The summed E-state index contributed by atoms with van der Waals surface area (Å²) in [4.78, 5) is 20.4. The van der Waals surface area contributed by atoms with Crippen LogP contribution in [0, 0.1) is 0 Å². The van der Waals surface area contributed by atoms with E-state index in [9.17, 15) is 4.79 Å². The van der Waals surface area contributed by atoms with Crippen molar-refractivity contribution in [3.63, 3.8) is 0 Å². The lowest BCUT2D eigenvalue weighted by molar-refractivity contribution is -0.133. The van der Waals surface area contributed by atoms with Gasteiger partial charge in [-0.25, -0.2) is 4.98 Å². The number of piperazine rings is 1. The van der Waals surface area contributed by atoms with Crippen molar-refractivity contribution >= 4 is 22.2 Å².